The van der Waals surface area contributed by atoms with Gasteiger partial charge in [-0.15, -0.1) is 0 Å². The predicted octanol–water partition coefficient (Wildman–Crippen LogP) is 4.21. The Morgan fingerprint density at radius 3 is 2.40 bits per heavy atom. The molecule has 0 amide bonds. The van der Waals surface area contributed by atoms with E-state index in [4.69, 9.17) is 0 Å². The lowest BCUT2D eigenvalue weighted by Crippen LogP contribution is -2.20. The standard InChI is InChI=1S/C14H26O/c1-3-4-5-6-13-7-9-14(10-8-13)12(2)11-15/h11-14H,3-10H2,1-2H3/t12?,13-,14-. The van der Waals surface area contributed by atoms with Crippen molar-refractivity contribution >= 4 is 6.29 Å². The van der Waals surface area contributed by atoms with E-state index in [1.54, 1.807) is 0 Å². The molecule has 1 unspecified atom stereocenters. The normalized spacial score (nSPS) is 28.7. The average Bonchev–Trinajstić information content (AvgIpc) is 2.29. The molecule has 0 radical (unpaired) electrons. The van der Waals surface area contributed by atoms with E-state index < -0.39 is 0 Å². The zero-order chi connectivity index (χ0) is 11.1. The third kappa shape index (κ3) is 4.36. The smallest absolute Gasteiger partial charge is 0.123 e. The minimum atomic E-state index is 0.293. The third-order valence-corrected chi connectivity index (χ3v) is 4.07. The third-order valence-electron chi connectivity index (χ3n) is 4.07. The van der Waals surface area contributed by atoms with Gasteiger partial charge in [0.2, 0.25) is 0 Å². The molecule has 0 aromatic carbocycles. The number of hydrogen-bond donors (Lipinski definition) is 0. The Labute approximate surface area is 94.6 Å². The summed E-state index contributed by atoms with van der Waals surface area (Å²) in [7, 11) is 0. The van der Waals surface area contributed by atoms with Crippen molar-refractivity contribution in [1.29, 1.82) is 0 Å². The van der Waals surface area contributed by atoms with Gasteiger partial charge in [0.1, 0.15) is 6.29 Å². The van der Waals surface area contributed by atoms with Gasteiger partial charge in [-0.05, 0) is 24.7 Å². The number of carbonyl (C=O) groups is 1. The minimum Gasteiger partial charge on any atom is -0.303 e. The first-order valence-corrected chi connectivity index (χ1v) is 6.73. The van der Waals surface area contributed by atoms with E-state index in [0.717, 1.165) is 12.2 Å². The van der Waals surface area contributed by atoms with Gasteiger partial charge in [0.05, 0.1) is 0 Å². The molecule has 0 spiro atoms. The van der Waals surface area contributed by atoms with Crippen LogP contribution in [0.3, 0.4) is 0 Å². The van der Waals surface area contributed by atoms with Gasteiger partial charge in [-0.25, -0.2) is 0 Å². The first-order valence-electron chi connectivity index (χ1n) is 6.73. The molecule has 1 aliphatic rings. The molecular weight excluding hydrogens is 184 g/mol. The molecule has 1 rings (SSSR count). The Balaban J connectivity index is 2.15. The lowest BCUT2D eigenvalue weighted by molar-refractivity contribution is -0.112. The fourth-order valence-electron chi connectivity index (χ4n) is 2.80. The summed E-state index contributed by atoms with van der Waals surface area (Å²) in [4.78, 5) is 10.7. The second kappa shape index (κ2) is 7.03. The van der Waals surface area contributed by atoms with Gasteiger partial charge >= 0.3 is 0 Å². The molecule has 1 aliphatic carbocycles. The number of carbonyl (C=O) groups excluding carboxylic acids is 1. The van der Waals surface area contributed by atoms with Gasteiger partial charge < -0.3 is 4.79 Å². The van der Waals surface area contributed by atoms with E-state index >= 15 is 0 Å². The molecule has 0 bridgehead atoms. The molecular formula is C14H26O. The van der Waals surface area contributed by atoms with Gasteiger partial charge in [-0.3, -0.25) is 0 Å². The maximum Gasteiger partial charge on any atom is 0.123 e. The summed E-state index contributed by atoms with van der Waals surface area (Å²) in [5.74, 6) is 1.94. The number of unbranched alkanes of at least 4 members (excludes halogenated alkanes) is 2. The first-order chi connectivity index (χ1) is 7.27. The highest BCUT2D eigenvalue weighted by atomic mass is 16.1. The van der Waals surface area contributed by atoms with Gasteiger partial charge in [0.25, 0.3) is 0 Å². The van der Waals surface area contributed by atoms with E-state index in [-0.39, 0.29) is 0 Å². The Morgan fingerprint density at radius 2 is 1.87 bits per heavy atom. The Morgan fingerprint density at radius 1 is 1.20 bits per heavy atom. The van der Waals surface area contributed by atoms with Crippen molar-refractivity contribution in [3.05, 3.63) is 0 Å². The average molecular weight is 210 g/mol. The van der Waals surface area contributed by atoms with E-state index in [1.807, 2.05) is 0 Å². The monoisotopic (exact) mass is 210 g/mol. The Bertz CT molecular complexity index is 168. The maximum absolute atomic E-state index is 10.7. The minimum absolute atomic E-state index is 0.293. The summed E-state index contributed by atoms with van der Waals surface area (Å²) in [6.45, 7) is 4.34. The van der Waals surface area contributed by atoms with Gasteiger partial charge in [0.15, 0.2) is 0 Å². The van der Waals surface area contributed by atoms with Crippen LogP contribution in [0.5, 0.6) is 0 Å². The highest BCUT2D eigenvalue weighted by Gasteiger charge is 2.24. The van der Waals surface area contributed by atoms with Crippen LogP contribution in [0, 0.1) is 17.8 Å². The molecule has 1 fully saturated rings. The topological polar surface area (TPSA) is 17.1 Å². The summed E-state index contributed by atoms with van der Waals surface area (Å²) in [6, 6.07) is 0. The Kier molecular flexibility index (Phi) is 5.97. The van der Waals surface area contributed by atoms with Crippen LogP contribution in [0.25, 0.3) is 0 Å². The van der Waals surface area contributed by atoms with Crippen molar-refractivity contribution in [2.24, 2.45) is 17.8 Å². The summed E-state index contributed by atoms with van der Waals surface area (Å²) in [5.41, 5.74) is 0. The van der Waals surface area contributed by atoms with Gasteiger partial charge in [0, 0.05) is 5.92 Å². The quantitative estimate of drug-likeness (QED) is 0.474. The second-order valence-corrected chi connectivity index (χ2v) is 5.27. The van der Waals surface area contributed by atoms with Crippen molar-refractivity contribution in [2.75, 3.05) is 0 Å². The van der Waals surface area contributed by atoms with Crippen LogP contribution in [0.15, 0.2) is 0 Å². The van der Waals surface area contributed by atoms with Crippen LogP contribution in [0.1, 0.15) is 65.2 Å². The molecule has 15 heavy (non-hydrogen) atoms. The van der Waals surface area contributed by atoms with Crippen molar-refractivity contribution in [2.45, 2.75) is 65.2 Å². The largest absolute Gasteiger partial charge is 0.303 e. The highest BCUT2D eigenvalue weighted by Crippen LogP contribution is 2.35. The molecule has 88 valence electrons. The molecule has 0 heterocycles. The van der Waals surface area contributed by atoms with E-state index in [2.05, 4.69) is 13.8 Å². The number of hydrogen-bond acceptors (Lipinski definition) is 1. The molecule has 0 aromatic heterocycles. The molecule has 1 atom stereocenters. The highest BCUT2D eigenvalue weighted by molar-refractivity contribution is 5.53. The van der Waals surface area contributed by atoms with E-state index in [0.29, 0.717) is 11.8 Å². The molecule has 0 aliphatic heterocycles. The van der Waals surface area contributed by atoms with E-state index in [9.17, 15) is 4.79 Å². The van der Waals surface area contributed by atoms with Crippen LogP contribution in [0.4, 0.5) is 0 Å². The fourth-order valence-corrected chi connectivity index (χ4v) is 2.80. The second-order valence-electron chi connectivity index (χ2n) is 5.27. The number of aldehydes is 1. The van der Waals surface area contributed by atoms with Crippen LogP contribution < -0.4 is 0 Å². The Hall–Kier alpha value is -0.330. The number of rotatable bonds is 6. The van der Waals surface area contributed by atoms with Crippen molar-refractivity contribution < 1.29 is 4.79 Å². The SMILES string of the molecule is CCCCC[C@H]1CC[C@H](C(C)C=O)CC1. The van der Waals surface area contributed by atoms with Crippen LogP contribution in [-0.4, -0.2) is 6.29 Å². The molecule has 0 aromatic rings. The predicted molar refractivity (Wildman–Crippen MR) is 64.8 cm³/mol. The molecule has 0 saturated heterocycles. The van der Waals surface area contributed by atoms with E-state index in [1.165, 1.54) is 51.4 Å². The summed E-state index contributed by atoms with van der Waals surface area (Å²) >= 11 is 0. The first kappa shape index (κ1) is 12.7. The van der Waals surface area contributed by atoms with Crippen LogP contribution >= 0.6 is 0 Å². The fraction of sp³-hybridized carbons (Fsp3) is 0.929. The zero-order valence-electron chi connectivity index (χ0n) is 10.4. The van der Waals surface area contributed by atoms with Crippen molar-refractivity contribution in [1.82, 2.24) is 0 Å². The lowest BCUT2D eigenvalue weighted by Gasteiger charge is -2.30. The molecule has 0 N–H and O–H groups in total. The summed E-state index contributed by atoms with van der Waals surface area (Å²) in [6.07, 6.45) is 12.0. The molecule has 1 heteroatoms. The lowest BCUT2D eigenvalue weighted by atomic mass is 9.75. The molecule has 1 saturated carbocycles. The van der Waals surface area contributed by atoms with Crippen LogP contribution in [-0.2, 0) is 4.79 Å². The molecule has 1 nitrogen and oxygen atoms in total. The zero-order valence-corrected chi connectivity index (χ0v) is 10.4. The summed E-state index contributed by atoms with van der Waals surface area (Å²) < 4.78 is 0. The van der Waals surface area contributed by atoms with Gasteiger partial charge in [-0.2, -0.15) is 0 Å². The van der Waals surface area contributed by atoms with Crippen LogP contribution in [0.2, 0.25) is 0 Å². The van der Waals surface area contributed by atoms with Crippen molar-refractivity contribution in [3.63, 3.8) is 0 Å². The van der Waals surface area contributed by atoms with Gasteiger partial charge in [-0.1, -0.05) is 52.4 Å². The maximum atomic E-state index is 10.7. The summed E-state index contributed by atoms with van der Waals surface area (Å²) in [5, 5.41) is 0. The van der Waals surface area contributed by atoms with Crippen molar-refractivity contribution in [3.8, 4) is 0 Å².